The maximum atomic E-state index is 12.5. The van der Waals surface area contributed by atoms with Gasteiger partial charge >= 0.3 is 0 Å². The third-order valence-electron chi connectivity index (χ3n) is 4.72. The molecule has 2 N–H and O–H groups in total. The molecule has 0 unspecified atom stereocenters. The summed E-state index contributed by atoms with van der Waals surface area (Å²) in [4.78, 5) is 30.4. The molecule has 0 saturated carbocycles. The van der Waals surface area contributed by atoms with Crippen molar-refractivity contribution in [3.8, 4) is 0 Å². The zero-order valence-corrected chi connectivity index (χ0v) is 14.9. The Morgan fingerprint density at radius 1 is 1.27 bits per heavy atom. The van der Waals surface area contributed by atoms with E-state index in [1.54, 1.807) is 6.33 Å². The van der Waals surface area contributed by atoms with Crippen LogP contribution in [0.4, 0.5) is 5.82 Å². The molecule has 0 spiro atoms. The fourth-order valence-corrected chi connectivity index (χ4v) is 3.54. The number of piperidine rings is 1. The molecule has 7 nitrogen and oxygen atoms in total. The van der Waals surface area contributed by atoms with Crippen molar-refractivity contribution in [1.29, 1.82) is 0 Å². The van der Waals surface area contributed by atoms with Crippen LogP contribution in [-0.2, 0) is 11.3 Å². The number of carbonyl (C=O) groups is 1. The third-order valence-corrected chi connectivity index (χ3v) is 4.96. The lowest BCUT2D eigenvalue weighted by Crippen LogP contribution is -2.40. The molecule has 3 aromatic rings. The van der Waals surface area contributed by atoms with Gasteiger partial charge in [-0.3, -0.25) is 4.79 Å². The third kappa shape index (κ3) is 3.48. The maximum Gasteiger partial charge on any atom is 0.223 e. The summed E-state index contributed by atoms with van der Waals surface area (Å²) in [6.45, 7) is 2.06. The van der Waals surface area contributed by atoms with Gasteiger partial charge in [-0.2, -0.15) is 0 Å². The number of nitrogens with one attached hydrogen (secondary N) is 2. The topological polar surface area (TPSA) is 86.8 Å². The van der Waals surface area contributed by atoms with Crippen molar-refractivity contribution in [2.24, 2.45) is 5.92 Å². The summed E-state index contributed by atoms with van der Waals surface area (Å²) in [5.41, 5.74) is 2.51. The summed E-state index contributed by atoms with van der Waals surface area (Å²) in [7, 11) is 0. The lowest BCUT2D eigenvalue weighted by atomic mass is 9.95. The molecule has 1 saturated heterocycles. The van der Waals surface area contributed by atoms with Crippen molar-refractivity contribution in [2.75, 3.05) is 18.0 Å². The summed E-state index contributed by atoms with van der Waals surface area (Å²) in [5.74, 6) is 0.966. The van der Waals surface area contributed by atoms with Crippen molar-refractivity contribution in [2.45, 2.75) is 19.4 Å². The molecule has 1 amide bonds. The predicted molar refractivity (Wildman–Crippen MR) is 99.9 cm³/mol. The minimum Gasteiger partial charge on any atom is -0.355 e. The Morgan fingerprint density at radius 2 is 2.12 bits per heavy atom. The molecule has 4 rings (SSSR count). The number of nitrogens with zero attached hydrogens (tertiary/aromatic N) is 4. The quantitative estimate of drug-likeness (QED) is 0.737. The Hall–Kier alpha value is -2.67. The summed E-state index contributed by atoms with van der Waals surface area (Å²) >= 11 is 5.98. The van der Waals surface area contributed by atoms with E-state index in [-0.39, 0.29) is 11.8 Å². The van der Waals surface area contributed by atoms with Crippen LogP contribution in [0.15, 0.2) is 36.9 Å². The van der Waals surface area contributed by atoms with E-state index in [1.807, 2.05) is 24.3 Å². The molecule has 1 aliphatic rings. The number of hydrogen-bond acceptors (Lipinski definition) is 5. The highest BCUT2D eigenvalue weighted by Crippen LogP contribution is 2.25. The van der Waals surface area contributed by atoms with Gasteiger partial charge in [0.15, 0.2) is 11.5 Å². The number of aromatic nitrogens is 4. The SMILES string of the molecule is O=C(NCc1cccc(Cl)c1)C1CCN(c2ncnc3nc[nH]c23)CC1. The molecule has 1 aliphatic heterocycles. The van der Waals surface area contributed by atoms with E-state index < -0.39 is 0 Å². The van der Waals surface area contributed by atoms with Crippen molar-refractivity contribution in [3.63, 3.8) is 0 Å². The van der Waals surface area contributed by atoms with E-state index >= 15 is 0 Å². The molecule has 0 radical (unpaired) electrons. The number of carbonyl (C=O) groups excluding carboxylic acids is 1. The van der Waals surface area contributed by atoms with Crippen molar-refractivity contribution in [1.82, 2.24) is 25.3 Å². The maximum absolute atomic E-state index is 12.5. The number of anilines is 1. The Kier molecular flexibility index (Phi) is 4.71. The van der Waals surface area contributed by atoms with Crippen LogP contribution >= 0.6 is 11.6 Å². The fraction of sp³-hybridized carbons (Fsp3) is 0.333. The molecule has 0 aliphatic carbocycles. The van der Waals surface area contributed by atoms with Crippen LogP contribution in [0.2, 0.25) is 5.02 Å². The van der Waals surface area contributed by atoms with Gasteiger partial charge < -0.3 is 15.2 Å². The lowest BCUT2D eigenvalue weighted by Gasteiger charge is -2.32. The monoisotopic (exact) mass is 370 g/mol. The lowest BCUT2D eigenvalue weighted by molar-refractivity contribution is -0.125. The number of amides is 1. The number of halogens is 1. The molecular weight excluding hydrogens is 352 g/mol. The zero-order valence-electron chi connectivity index (χ0n) is 14.2. The highest BCUT2D eigenvalue weighted by atomic mass is 35.5. The van der Waals surface area contributed by atoms with Crippen LogP contribution in [-0.4, -0.2) is 38.9 Å². The first-order chi connectivity index (χ1) is 12.7. The molecule has 0 atom stereocenters. The van der Waals surface area contributed by atoms with Gasteiger partial charge in [0.1, 0.15) is 11.8 Å². The van der Waals surface area contributed by atoms with Gasteiger partial charge in [-0.1, -0.05) is 23.7 Å². The summed E-state index contributed by atoms with van der Waals surface area (Å²) in [6.07, 6.45) is 4.74. The van der Waals surface area contributed by atoms with Gasteiger partial charge in [0, 0.05) is 30.6 Å². The normalized spacial score (nSPS) is 15.3. The van der Waals surface area contributed by atoms with Gasteiger partial charge in [-0.25, -0.2) is 15.0 Å². The predicted octanol–water partition coefficient (Wildman–Crippen LogP) is 2.54. The molecule has 0 bridgehead atoms. The average Bonchev–Trinajstić information content (AvgIpc) is 3.15. The number of fused-ring (bicyclic) bond motifs is 1. The van der Waals surface area contributed by atoms with Crippen molar-refractivity contribution in [3.05, 3.63) is 47.5 Å². The van der Waals surface area contributed by atoms with Gasteiger partial charge in [0.2, 0.25) is 5.91 Å². The van der Waals surface area contributed by atoms with E-state index in [1.165, 1.54) is 6.33 Å². The highest BCUT2D eigenvalue weighted by Gasteiger charge is 2.26. The highest BCUT2D eigenvalue weighted by molar-refractivity contribution is 6.30. The Labute approximate surface area is 155 Å². The molecule has 1 fully saturated rings. The Morgan fingerprint density at radius 3 is 2.92 bits per heavy atom. The van der Waals surface area contributed by atoms with Crippen molar-refractivity contribution < 1.29 is 4.79 Å². The molecule has 3 heterocycles. The first kappa shape index (κ1) is 16.8. The van der Waals surface area contributed by atoms with Gasteiger partial charge in [0.25, 0.3) is 0 Å². The average molecular weight is 371 g/mol. The molecule has 8 heteroatoms. The van der Waals surface area contributed by atoms with Crippen molar-refractivity contribution >= 4 is 34.5 Å². The number of imidazole rings is 1. The van der Waals surface area contributed by atoms with Gasteiger partial charge in [-0.15, -0.1) is 0 Å². The zero-order chi connectivity index (χ0) is 17.9. The van der Waals surface area contributed by atoms with E-state index in [2.05, 4.69) is 30.2 Å². The second-order valence-corrected chi connectivity index (χ2v) is 6.84. The number of aromatic amines is 1. The second kappa shape index (κ2) is 7.29. The van der Waals surface area contributed by atoms with Crippen LogP contribution < -0.4 is 10.2 Å². The van der Waals surface area contributed by atoms with E-state index in [0.29, 0.717) is 17.2 Å². The van der Waals surface area contributed by atoms with Gasteiger partial charge in [0.05, 0.1) is 6.33 Å². The largest absolute Gasteiger partial charge is 0.355 e. The number of hydrogen-bond donors (Lipinski definition) is 2. The first-order valence-electron chi connectivity index (χ1n) is 8.62. The summed E-state index contributed by atoms with van der Waals surface area (Å²) in [5, 5.41) is 3.70. The van der Waals surface area contributed by atoms with Gasteiger partial charge in [-0.05, 0) is 30.5 Å². The molecule has 26 heavy (non-hydrogen) atoms. The Balaban J connectivity index is 1.34. The number of H-pyrrole nitrogens is 1. The van der Waals surface area contributed by atoms with Crippen LogP contribution in [0.5, 0.6) is 0 Å². The van der Waals surface area contributed by atoms with Crippen LogP contribution in [0.1, 0.15) is 18.4 Å². The number of rotatable bonds is 4. The van der Waals surface area contributed by atoms with Crippen LogP contribution in [0, 0.1) is 5.92 Å². The van der Waals surface area contributed by atoms with E-state index in [4.69, 9.17) is 11.6 Å². The fourth-order valence-electron chi connectivity index (χ4n) is 3.33. The van der Waals surface area contributed by atoms with Crippen LogP contribution in [0.25, 0.3) is 11.2 Å². The molecule has 134 valence electrons. The minimum atomic E-state index is 0.0181. The summed E-state index contributed by atoms with van der Waals surface area (Å²) < 4.78 is 0. The number of benzene rings is 1. The second-order valence-electron chi connectivity index (χ2n) is 6.41. The minimum absolute atomic E-state index is 0.0181. The molecular formula is C18H19ClN6O. The first-order valence-corrected chi connectivity index (χ1v) is 8.99. The van der Waals surface area contributed by atoms with Crippen LogP contribution in [0.3, 0.4) is 0 Å². The molecule has 2 aromatic heterocycles. The smallest absolute Gasteiger partial charge is 0.223 e. The Bertz CT molecular complexity index is 919. The standard InChI is InChI=1S/C18H19ClN6O/c19-14-3-1-2-12(8-14)9-20-18(26)13-4-6-25(7-5-13)17-15-16(22-10-21-15)23-11-24-17/h1-3,8,10-11,13H,4-7,9H2,(H,20,26)(H,21,22,23,24). The molecule has 1 aromatic carbocycles. The van der Waals surface area contributed by atoms with E-state index in [0.717, 1.165) is 42.8 Å². The summed E-state index contributed by atoms with van der Waals surface area (Å²) in [6, 6.07) is 7.54. The van der Waals surface area contributed by atoms with E-state index in [9.17, 15) is 4.79 Å².